The quantitative estimate of drug-likeness (QED) is 0.598. The number of nitrogens with one attached hydrogen (secondary N) is 1. The van der Waals surface area contributed by atoms with Gasteiger partial charge in [-0.05, 0) is 5.56 Å². The van der Waals surface area contributed by atoms with Crippen molar-refractivity contribution in [2.24, 2.45) is 5.73 Å². The van der Waals surface area contributed by atoms with E-state index in [1.54, 1.807) is 17.4 Å². The largest absolute Gasteiger partial charge is 0.458 e. The lowest BCUT2D eigenvalue weighted by Crippen LogP contribution is -2.33. The minimum atomic E-state index is -0.984. The van der Waals surface area contributed by atoms with Gasteiger partial charge in [0.25, 0.3) is 5.91 Å². The van der Waals surface area contributed by atoms with E-state index in [1.165, 1.54) is 0 Å². The van der Waals surface area contributed by atoms with Gasteiger partial charge in [0.15, 0.2) is 0 Å². The van der Waals surface area contributed by atoms with Crippen molar-refractivity contribution >= 4 is 17.9 Å². The number of esters is 1. The normalized spacial score (nSPS) is 10.0. The van der Waals surface area contributed by atoms with Crippen molar-refractivity contribution < 1.29 is 19.1 Å². The number of ether oxygens (including phenoxy) is 1. The SMILES string of the molecule is NC(=O)NC(=O)/C=C/C(=O)OCc1ccccc1. The molecule has 1 aromatic rings. The van der Waals surface area contributed by atoms with Crippen LogP contribution in [0.5, 0.6) is 0 Å². The monoisotopic (exact) mass is 248 g/mol. The van der Waals surface area contributed by atoms with Gasteiger partial charge >= 0.3 is 12.0 Å². The van der Waals surface area contributed by atoms with Gasteiger partial charge in [-0.15, -0.1) is 0 Å². The molecule has 1 aromatic carbocycles. The molecule has 18 heavy (non-hydrogen) atoms. The molecule has 3 amide bonds. The molecule has 6 heteroatoms. The van der Waals surface area contributed by atoms with E-state index >= 15 is 0 Å². The maximum atomic E-state index is 11.2. The second kappa shape index (κ2) is 6.85. The van der Waals surface area contributed by atoms with Crippen LogP contribution >= 0.6 is 0 Å². The van der Waals surface area contributed by atoms with E-state index in [0.717, 1.165) is 17.7 Å². The summed E-state index contributed by atoms with van der Waals surface area (Å²) in [6, 6.07) is 8.10. The Morgan fingerprint density at radius 3 is 2.44 bits per heavy atom. The molecule has 1 rings (SSSR count). The first-order chi connectivity index (χ1) is 8.58. The number of amides is 3. The van der Waals surface area contributed by atoms with E-state index in [2.05, 4.69) is 0 Å². The van der Waals surface area contributed by atoms with Crippen LogP contribution in [0, 0.1) is 0 Å². The molecule has 0 aromatic heterocycles. The number of nitrogens with two attached hydrogens (primary N) is 1. The highest BCUT2D eigenvalue weighted by Crippen LogP contribution is 2.00. The van der Waals surface area contributed by atoms with Crippen molar-refractivity contribution in [1.82, 2.24) is 5.32 Å². The summed E-state index contributed by atoms with van der Waals surface area (Å²) in [5, 5.41) is 1.78. The average Bonchev–Trinajstić information content (AvgIpc) is 2.34. The van der Waals surface area contributed by atoms with E-state index in [-0.39, 0.29) is 6.61 Å². The predicted octanol–water partition coefficient (Wildman–Crippen LogP) is 0.481. The Kier molecular flexibility index (Phi) is 5.11. The van der Waals surface area contributed by atoms with E-state index < -0.39 is 17.9 Å². The number of carbonyl (C=O) groups is 3. The molecular weight excluding hydrogens is 236 g/mol. The second-order valence-electron chi connectivity index (χ2n) is 3.28. The Balaban J connectivity index is 2.36. The number of hydrogen-bond acceptors (Lipinski definition) is 4. The van der Waals surface area contributed by atoms with Crippen molar-refractivity contribution in [2.45, 2.75) is 6.61 Å². The smallest absolute Gasteiger partial charge is 0.331 e. The van der Waals surface area contributed by atoms with Crippen LogP contribution in [0.25, 0.3) is 0 Å². The first kappa shape index (κ1) is 13.4. The van der Waals surface area contributed by atoms with Crippen LogP contribution in [-0.4, -0.2) is 17.9 Å². The Morgan fingerprint density at radius 2 is 1.83 bits per heavy atom. The summed E-state index contributed by atoms with van der Waals surface area (Å²) < 4.78 is 4.86. The van der Waals surface area contributed by atoms with Crippen LogP contribution in [0.3, 0.4) is 0 Å². The van der Waals surface area contributed by atoms with Gasteiger partial charge in [-0.3, -0.25) is 10.1 Å². The number of rotatable bonds is 4. The van der Waals surface area contributed by atoms with Gasteiger partial charge in [-0.25, -0.2) is 9.59 Å². The summed E-state index contributed by atoms with van der Waals surface area (Å²) in [5.74, 6) is -1.46. The molecule has 0 saturated heterocycles. The van der Waals surface area contributed by atoms with Gasteiger partial charge in [0, 0.05) is 12.2 Å². The highest BCUT2D eigenvalue weighted by molar-refractivity contribution is 6.02. The summed E-state index contributed by atoms with van der Waals surface area (Å²) in [6.07, 6.45) is 1.79. The minimum Gasteiger partial charge on any atom is -0.458 e. The van der Waals surface area contributed by atoms with Crippen LogP contribution < -0.4 is 11.1 Å². The van der Waals surface area contributed by atoms with Gasteiger partial charge < -0.3 is 10.5 Å². The topological polar surface area (TPSA) is 98.5 Å². The first-order valence-corrected chi connectivity index (χ1v) is 5.07. The lowest BCUT2D eigenvalue weighted by Gasteiger charge is -2.01. The van der Waals surface area contributed by atoms with Crippen molar-refractivity contribution in [3.63, 3.8) is 0 Å². The van der Waals surface area contributed by atoms with E-state index in [1.807, 2.05) is 18.2 Å². The molecule has 0 aliphatic rings. The number of primary amides is 1. The maximum Gasteiger partial charge on any atom is 0.331 e. The molecule has 0 spiro atoms. The molecule has 0 radical (unpaired) electrons. The lowest BCUT2D eigenvalue weighted by molar-refractivity contribution is -0.139. The standard InChI is InChI=1S/C12H12N2O4/c13-12(17)14-10(15)6-7-11(16)18-8-9-4-2-1-3-5-9/h1-7H,8H2,(H3,13,14,15,17)/b7-6+. The lowest BCUT2D eigenvalue weighted by atomic mass is 10.2. The third kappa shape index (κ3) is 5.45. The van der Waals surface area contributed by atoms with E-state index in [4.69, 9.17) is 10.5 Å². The first-order valence-electron chi connectivity index (χ1n) is 5.07. The van der Waals surface area contributed by atoms with Crippen molar-refractivity contribution in [3.8, 4) is 0 Å². The number of imide groups is 1. The van der Waals surface area contributed by atoms with Crippen LogP contribution in [0.2, 0.25) is 0 Å². The van der Waals surface area contributed by atoms with Crippen molar-refractivity contribution in [3.05, 3.63) is 48.0 Å². The number of urea groups is 1. The zero-order valence-electron chi connectivity index (χ0n) is 9.46. The molecule has 0 fully saturated rings. The summed E-state index contributed by atoms with van der Waals surface area (Å²) in [6.45, 7) is 0.113. The minimum absolute atomic E-state index is 0.113. The van der Waals surface area contributed by atoms with Gasteiger partial charge in [-0.1, -0.05) is 30.3 Å². The van der Waals surface area contributed by atoms with Crippen molar-refractivity contribution in [2.75, 3.05) is 0 Å². The molecule has 94 valence electrons. The maximum absolute atomic E-state index is 11.2. The van der Waals surface area contributed by atoms with Gasteiger partial charge in [0.05, 0.1) is 0 Å². The molecular formula is C12H12N2O4. The molecule has 0 unspecified atom stereocenters. The third-order valence-corrected chi connectivity index (χ3v) is 1.84. The van der Waals surface area contributed by atoms with Gasteiger partial charge in [-0.2, -0.15) is 0 Å². The average molecular weight is 248 g/mol. The number of carbonyl (C=O) groups excluding carboxylic acids is 3. The fourth-order valence-electron chi connectivity index (χ4n) is 1.08. The predicted molar refractivity (Wildman–Crippen MR) is 63.1 cm³/mol. The fraction of sp³-hybridized carbons (Fsp3) is 0.0833. The molecule has 0 saturated carbocycles. The van der Waals surface area contributed by atoms with Gasteiger partial charge in [0.1, 0.15) is 6.61 Å². The second-order valence-corrected chi connectivity index (χ2v) is 3.28. The molecule has 0 aliphatic carbocycles. The highest BCUT2D eigenvalue weighted by Gasteiger charge is 2.02. The zero-order valence-corrected chi connectivity index (χ0v) is 9.46. The molecule has 3 N–H and O–H groups in total. The fourth-order valence-corrected chi connectivity index (χ4v) is 1.08. The number of benzene rings is 1. The Labute approximate surface area is 103 Å². The summed E-state index contributed by atoms with van der Waals surface area (Å²) in [7, 11) is 0. The third-order valence-electron chi connectivity index (χ3n) is 1.84. The Hall–Kier alpha value is -2.63. The molecule has 0 bridgehead atoms. The van der Waals surface area contributed by atoms with Crippen LogP contribution in [0.1, 0.15) is 5.56 Å². The Bertz CT molecular complexity index is 468. The van der Waals surface area contributed by atoms with Crippen LogP contribution in [0.4, 0.5) is 4.79 Å². The van der Waals surface area contributed by atoms with E-state index in [0.29, 0.717) is 0 Å². The highest BCUT2D eigenvalue weighted by atomic mass is 16.5. The van der Waals surface area contributed by atoms with E-state index in [9.17, 15) is 14.4 Å². The van der Waals surface area contributed by atoms with Crippen molar-refractivity contribution in [1.29, 1.82) is 0 Å². The summed E-state index contributed by atoms with van der Waals surface area (Å²) in [4.78, 5) is 32.4. The summed E-state index contributed by atoms with van der Waals surface area (Å²) >= 11 is 0. The molecule has 6 nitrogen and oxygen atoms in total. The summed E-state index contributed by atoms with van der Waals surface area (Å²) in [5.41, 5.74) is 5.55. The van der Waals surface area contributed by atoms with Crippen LogP contribution in [-0.2, 0) is 20.9 Å². The zero-order chi connectivity index (χ0) is 13.4. The Morgan fingerprint density at radius 1 is 1.17 bits per heavy atom. The van der Waals surface area contributed by atoms with Crippen LogP contribution in [0.15, 0.2) is 42.5 Å². The number of hydrogen-bond donors (Lipinski definition) is 2. The molecule has 0 heterocycles. The molecule has 0 atom stereocenters. The molecule has 0 aliphatic heterocycles. The van der Waals surface area contributed by atoms with Gasteiger partial charge in [0.2, 0.25) is 0 Å².